The Kier molecular flexibility index (Phi) is 15.6. The molecule has 0 radical (unpaired) electrons. The van der Waals surface area contributed by atoms with Gasteiger partial charge in [0, 0.05) is 12.1 Å². The maximum atomic E-state index is 10.8. The van der Waals surface area contributed by atoms with Crippen molar-refractivity contribution < 1.29 is 40.6 Å². The van der Waals surface area contributed by atoms with Gasteiger partial charge in [0.25, 0.3) is 10.5 Å². The third kappa shape index (κ3) is 14.6. The molecule has 0 aliphatic heterocycles. The largest absolute Gasteiger partial charge is 1.00 e. The standard InChI is InChI=1S/C7H15NOS.CH3NOS.Na.H/c1-5(2)8(6(3)4)7(9)10;2-1(3)4;;/h5-6H,1-4H3,(H,9,10);(H3,2,3,4);;/q;;+1;-1. The van der Waals surface area contributed by atoms with Gasteiger partial charge in [-0.15, -0.1) is 0 Å². The van der Waals surface area contributed by atoms with Crippen LogP contribution in [0.15, 0.2) is 0 Å². The number of hydrogen-bond acceptors (Lipinski definition) is 2. The molecule has 0 aromatic heterocycles. The van der Waals surface area contributed by atoms with E-state index in [-0.39, 0.29) is 48.3 Å². The molecule has 2 amide bonds. The van der Waals surface area contributed by atoms with E-state index in [1.54, 1.807) is 4.90 Å². The van der Waals surface area contributed by atoms with Gasteiger partial charge in [0.1, 0.15) is 0 Å². The van der Waals surface area contributed by atoms with Crippen LogP contribution in [0.2, 0.25) is 0 Å². The fourth-order valence-electron chi connectivity index (χ4n) is 1.04. The monoisotopic (exact) mass is 262 g/mol. The van der Waals surface area contributed by atoms with Crippen LogP contribution in [-0.4, -0.2) is 27.5 Å². The summed E-state index contributed by atoms with van der Waals surface area (Å²) >= 11 is 6.86. The fourth-order valence-corrected chi connectivity index (χ4v) is 1.50. The summed E-state index contributed by atoms with van der Waals surface area (Å²) in [6, 6.07) is 0.481. The minimum absolute atomic E-state index is 0. The quantitative estimate of drug-likeness (QED) is 0.454. The average Bonchev–Trinajstić information content (AvgIpc) is 1.80. The normalized spacial score (nSPS) is 8.80. The Morgan fingerprint density at radius 3 is 1.33 bits per heavy atom. The van der Waals surface area contributed by atoms with E-state index < -0.39 is 5.24 Å². The zero-order valence-electron chi connectivity index (χ0n) is 10.9. The van der Waals surface area contributed by atoms with Crippen molar-refractivity contribution in [3.8, 4) is 0 Å². The molecule has 0 saturated carbocycles. The molecule has 0 spiro atoms. The SMILES string of the molecule is CC(C)N(C(=O)S)C(C)C.NC(=O)S.[H-].[Na+]. The van der Waals surface area contributed by atoms with Crippen LogP contribution in [0.1, 0.15) is 29.1 Å². The minimum Gasteiger partial charge on any atom is -1.00 e. The summed E-state index contributed by atoms with van der Waals surface area (Å²) in [4.78, 5) is 21.6. The molecule has 0 aromatic rings. The van der Waals surface area contributed by atoms with Crippen LogP contribution in [0, 0.1) is 0 Å². The summed E-state index contributed by atoms with van der Waals surface area (Å²) in [6.45, 7) is 7.92. The van der Waals surface area contributed by atoms with Crippen molar-refractivity contribution in [3.63, 3.8) is 0 Å². The molecule has 0 saturated heterocycles. The molecule has 15 heavy (non-hydrogen) atoms. The summed E-state index contributed by atoms with van der Waals surface area (Å²) < 4.78 is 0. The van der Waals surface area contributed by atoms with Gasteiger partial charge in [0.15, 0.2) is 0 Å². The van der Waals surface area contributed by atoms with Crippen LogP contribution in [0.25, 0.3) is 0 Å². The number of carbonyl (C=O) groups excluding carboxylic acids is 2. The van der Waals surface area contributed by atoms with Crippen LogP contribution < -0.4 is 35.3 Å². The van der Waals surface area contributed by atoms with Gasteiger partial charge in [0.05, 0.1) is 0 Å². The molecule has 0 atom stereocenters. The number of nitrogens with two attached hydrogens (primary N) is 1. The van der Waals surface area contributed by atoms with Gasteiger partial charge in [-0.05, 0) is 27.7 Å². The van der Waals surface area contributed by atoms with Crippen molar-refractivity contribution in [2.24, 2.45) is 5.73 Å². The third-order valence-electron chi connectivity index (χ3n) is 1.33. The molecule has 0 heterocycles. The molecule has 0 fully saturated rings. The molecule has 0 aliphatic carbocycles. The number of nitrogens with zero attached hydrogens (tertiary/aromatic N) is 1. The Hall–Kier alpha value is 0.640. The van der Waals surface area contributed by atoms with Gasteiger partial charge >= 0.3 is 29.6 Å². The number of primary amides is 1. The van der Waals surface area contributed by atoms with E-state index in [2.05, 4.69) is 31.0 Å². The van der Waals surface area contributed by atoms with Gasteiger partial charge in [0.2, 0.25) is 0 Å². The second kappa shape index (κ2) is 11.1. The fraction of sp³-hybridized carbons (Fsp3) is 0.750. The number of hydrogen-bond donors (Lipinski definition) is 3. The van der Waals surface area contributed by atoms with Gasteiger partial charge in [-0.25, -0.2) is 0 Å². The van der Waals surface area contributed by atoms with Gasteiger partial charge in [-0.1, -0.05) is 25.3 Å². The van der Waals surface area contributed by atoms with Crippen LogP contribution >= 0.6 is 25.3 Å². The molecule has 0 bridgehead atoms. The zero-order valence-corrected chi connectivity index (χ0v) is 13.7. The molecular weight excluding hydrogens is 243 g/mol. The molecule has 0 unspecified atom stereocenters. The zero-order chi connectivity index (χ0) is 11.9. The smallest absolute Gasteiger partial charge is 1.00 e. The molecule has 7 heteroatoms. The summed E-state index contributed by atoms with van der Waals surface area (Å²) in [5, 5.41) is -0.787. The molecule has 0 rings (SSSR count). The second-order valence-electron chi connectivity index (χ2n) is 3.22. The Labute approximate surface area is 126 Å². The molecule has 0 aliphatic rings. The van der Waals surface area contributed by atoms with E-state index in [4.69, 9.17) is 4.79 Å². The number of rotatable bonds is 2. The van der Waals surface area contributed by atoms with E-state index in [0.29, 0.717) is 0 Å². The molecule has 4 nitrogen and oxygen atoms in total. The predicted octanol–water partition coefficient (Wildman–Crippen LogP) is -0.734. The first-order valence-corrected chi connectivity index (χ1v) is 5.09. The van der Waals surface area contributed by atoms with Crippen LogP contribution in [0.4, 0.5) is 9.59 Å². The average molecular weight is 262 g/mol. The first kappa shape index (κ1) is 21.0. The Morgan fingerprint density at radius 2 is 1.33 bits per heavy atom. The topological polar surface area (TPSA) is 63.4 Å². The van der Waals surface area contributed by atoms with Crippen molar-refractivity contribution >= 4 is 35.7 Å². The summed E-state index contributed by atoms with van der Waals surface area (Å²) in [7, 11) is 0. The molecule has 0 aromatic carbocycles. The maximum absolute atomic E-state index is 10.8. The summed E-state index contributed by atoms with van der Waals surface area (Å²) in [5.74, 6) is 0. The van der Waals surface area contributed by atoms with Crippen molar-refractivity contribution in [2.45, 2.75) is 39.8 Å². The molecule has 86 valence electrons. The van der Waals surface area contributed by atoms with E-state index >= 15 is 0 Å². The van der Waals surface area contributed by atoms with Crippen LogP contribution in [0.3, 0.4) is 0 Å². The van der Waals surface area contributed by atoms with Gasteiger partial charge < -0.3 is 12.1 Å². The molecular formula is C8H19N2NaO2S2. The summed E-state index contributed by atoms with van der Waals surface area (Å²) in [5.41, 5.74) is 4.34. The predicted molar refractivity (Wildman–Crippen MR) is 66.2 cm³/mol. The summed E-state index contributed by atoms with van der Waals surface area (Å²) in [6.07, 6.45) is 0. The van der Waals surface area contributed by atoms with Crippen LogP contribution in [-0.2, 0) is 0 Å². The number of amides is 2. The van der Waals surface area contributed by atoms with E-state index in [1.807, 2.05) is 27.7 Å². The Bertz CT molecular complexity index is 194. The van der Waals surface area contributed by atoms with E-state index in [0.717, 1.165) is 0 Å². The van der Waals surface area contributed by atoms with Crippen molar-refractivity contribution in [3.05, 3.63) is 0 Å². The Morgan fingerprint density at radius 1 is 1.13 bits per heavy atom. The second-order valence-corrected chi connectivity index (χ2v) is 4.04. The van der Waals surface area contributed by atoms with Crippen molar-refractivity contribution in [1.82, 2.24) is 4.90 Å². The first-order chi connectivity index (χ1) is 6.20. The van der Waals surface area contributed by atoms with Crippen molar-refractivity contribution in [1.29, 1.82) is 0 Å². The molecule has 2 N–H and O–H groups in total. The maximum Gasteiger partial charge on any atom is 1.00 e. The number of carbonyl (C=O) groups is 2. The van der Waals surface area contributed by atoms with E-state index in [9.17, 15) is 4.79 Å². The number of thiol groups is 2. The van der Waals surface area contributed by atoms with E-state index in [1.165, 1.54) is 0 Å². The van der Waals surface area contributed by atoms with Gasteiger partial charge in [-0.3, -0.25) is 9.59 Å². The van der Waals surface area contributed by atoms with Crippen LogP contribution in [0.5, 0.6) is 0 Å². The van der Waals surface area contributed by atoms with Gasteiger partial charge in [-0.2, -0.15) is 0 Å². The minimum atomic E-state index is -0.639. The third-order valence-corrected chi connectivity index (χ3v) is 1.56. The Balaban J connectivity index is -0.000000105. The first-order valence-electron chi connectivity index (χ1n) is 4.19. The van der Waals surface area contributed by atoms with Crippen molar-refractivity contribution in [2.75, 3.05) is 0 Å².